The number of nitrogens with zero attached hydrogens (tertiary/aromatic N) is 1. The molecule has 2 aliphatic heterocycles. The Kier molecular flexibility index (Phi) is 5.67. The van der Waals surface area contributed by atoms with Crippen molar-refractivity contribution in [2.24, 2.45) is 0 Å². The monoisotopic (exact) mass is 482 g/mol. The Morgan fingerprint density at radius 2 is 1.61 bits per heavy atom. The molecule has 1 N–H and O–H groups in total. The molecule has 0 radical (unpaired) electrons. The van der Waals surface area contributed by atoms with Gasteiger partial charge in [0.25, 0.3) is 5.91 Å². The maximum atomic E-state index is 14.2. The molecule has 6 heteroatoms. The van der Waals surface area contributed by atoms with Crippen molar-refractivity contribution in [2.45, 2.75) is 43.7 Å². The molecule has 2 amide bonds. The zero-order chi connectivity index (χ0) is 24.8. The number of nitrogens with one attached hydrogen (secondary N) is 1. The number of hydrogen-bond donors (Lipinski definition) is 1. The van der Waals surface area contributed by atoms with Gasteiger partial charge >= 0.3 is 0 Å². The van der Waals surface area contributed by atoms with Crippen molar-refractivity contribution < 1.29 is 19.1 Å². The Morgan fingerprint density at radius 3 is 2.42 bits per heavy atom. The van der Waals surface area contributed by atoms with E-state index in [-0.39, 0.29) is 17.9 Å². The zero-order valence-corrected chi connectivity index (χ0v) is 20.6. The van der Waals surface area contributed by atoms with Crippen molar-refractivity contribution in [3.63, 3.8) is 0 Å². The molecule has 184 valence electrons. The summed E-state index contributed by atoms with van der Waals surface area (Å²) < 4.78 is 11.1. The van der Waals surface area contributed by atoms with E-state index in [1.54, 1.807) is 14.2 Å². The van der Waals surface area contributed by atoms with Gasteiger partial charge in [0.2, 0.25) is 5.91 Å². The molecule has 0 fully saturated rings. The van der Waals surface area contributed by atoms with E-state index in [1.807, 2.05) is 47.4 Å². The molecule has 3 aromatic rings. The van der Waals surface area contributed by atoms with Crippen LogP contribution >= 0.6 is 0 Å². The number of hydrogen-bond acceptors (Lipinski definition) is 4. The lowest BCUT2D eigenvalue weighted by molar-refractivity contribution is -0.125. The molecule has 3 aliphatic rings. The average Bonchev–Trinajstić information content (AvgIpc) is 2.92. The van der Waals surface area contributed by atoms with Crippen LogP contribution in [0, 0.1) is 0 Å². The van der Waals surface area contributed by atoms with Crippen LogP contribution in [0.25, 0.3) is 0 Å². The molecule has 0 aromatic heterocycles. The van der Waals surface area contributed by atoms with Gasteiger partial charge in [0.15, 0.2) is 11.5 Å². The second-order valence-electron chi connectivity index (χ2n) is 9.82. The van der Waals surface area contributed by atoms with E-state index < -0.39 is 12.0 Å². The molecule has 1 aliphatic carbocycles. The first-order valence-corrected chi connectivity index (χ1v) is 12.6. The Balaban J connectivity index is 1.45. The SMILES string of the molecule is COc1cc2c(cc1OC)[C@@H]1[C@H](C(=O)N[C@@H]3CCCc4ccccc43)c3ccccc3C(=O)N1CC2. The molecule has 0 spiro atoms. The highest BCUT2D eigenvalue weighted by Crippen LogP contribution is 2.48. The quantitative estimate of drug-likeness (QED) is 0.584. The van der Waals surface area contributed by atoms with Gasteiger partial charge in [-0.2, -0.15) is 0 Å². The van der Waals surface area contributed by atoms with Crippen LogP contribution < -0.4 is 14.8 Å². The van der Waals surface area contributed by atoms with Crippen LogP contribution in [-0.2, 0) is 17.6 Å². The molecule has 36 heavy (non-hydrogen) atoms. The molecule has 6 rings (SSSR count). The van der Waals surface area contributed by atoms with E-state index in [0.29, 0.717) is 30.0 Å². The van der Waals surface area contributed by atoms with Gasteiger partial charge in [0, 0.05) is 12.1 Å². The number of ether oxygens (including phenoxy) is 2. The topological polar surface area (TPSA) is 67.9 Å². The van der Waals surface area contributed by atoms with Gasteiger partial charge in [0.05, 0.1) is 32.2 Å². The molecule has 0 bridgehead atoms. The smallest absolute Gasteiger partial charge is 0.254 e. The summed E-state index contributed by atoms with van der Waals surface area (Å²) in [5, 5.41) is 3.38. The maximum Gasteiger partial charge on any atom is 0.254 e. The predicted octanol–water partition coefficient (Wildman–Crippen LogP) is 4.73. The summed E-state index contributed by atoms with van der Waals surface area (Å²) in [6.45, 7) is 0.552. The lowest BCUT2D eigenvalue weighted by Gasteiger charge is -2.45. The Labute approximate surface area is 211 Å². The Bertz CT molecular complexity index is 1350. The highest BCUT2D eigenvalue weighted by atomic mass is 16.5. The predicted molar refractivity (Wildman–Crippen MR) is 136 cm³/mol. The third kappa shape index (κ3) is 3.55. The summed E-state index contributed by atoms with van der Waals surface area (Å²) in [7, 11) is 3.23. The molecule has 0 saturated carbocycles. The van der Waals surface area contributed by atoms with E-state index in [1.165, 1.54) is 11.1 Å². The van der Waals surface area contributed by atoms with Crippen molar-refractivity contribution in [1.29, 1.82) is 0 Å². The van der Waals surface area contributed by atoms with Crippen LogP contribution in [-0.4, -0.2) is 37.5 Å². The van der Waals surface area contributed by atoms with Gasteiger partial charge in [-0.1, -0.05) is 42.5 Å². The third-order valence-corrected chi connectivity index (χ3v) is 7.99. The number of rotatable bonds is 4. The van der Waals surface area contributed by atoms with Crippen molar-refractivity contribution in [2.75, 3.05) is 20.8 Å². The number of carbonyl (C=O) groups is 2. The summed E-state index contributed by atoms with van der Waals surface area (Å²) in [5.74, 6) is 0.666. The van der Waals surface area contributed by atoms with E-state index in [0.717, 1.165) is 36.0 Å². The lowest BCUT2D eigenvalue weighted by atomic mass is 9.75. The standard InChI is InChI=1S/C30H30N2O4/c1-35-25-16-19-14-15-32-28(23(19)17-26(25)36-2)27(21-11-5-6-12-22(21)30(32)34)29(33)31-24-13-7-9-18-8-3-4-10-20(18)24/h3-6,8,10-12,16-17,24,27-28H,7,9,13-15H2,1-2H3,(H,31,33)/t24-,27-,28-/m1/s1. The van der Waals surface area contributed by atoms with Crippen LogP contribution in [0.4, 0.5) is 0 Å². The molecule has 0 saturated heterocycles. The van der Waals surface area contributed by atoms with Crippen LogP contribution in [0.2, 0.25) is 0 Å². The molecular formula is C30H30N2O4. The van der Waals surface area contributed by atoms with Crippen LogP contribution in [0.3, 0.4) is 0 Å². The first-order valence-electron chi connectivity index (χ1n) is 12.6. The molecule has 2 heterocycles. The summed E-state index contributed by atoms with van der Waals surface area (Å²) in [6.07, 6.45) is 3.68. The van der Waals surface area contributed by atoms with Crippen LogP contribution in [0.15, 0.2) is 60.7 Å². The zero-order valence-electron chi connectivity index (χ0n) is 20.6. The largest absolute Gasteiger partial charge is 0.493 e. The second-order valence-corrected chi connectivity index (χ2v) is 9.82. The van der Waals surface area contributed by atoms with E-state index in [2.05, 4.69) is 23.5 Å². The normalized spacial score (nSPS) is 22.0. The number of fused-ring (bicyclic) bond motifs is 5. The minimum atomic E-state index is -0.523. The molecule has 6 nitrogen and oxygen atoms in total. The summed E-state index contributed by atoms with van der Waals surface area (Å²) in [6, 6.07) is 19.4. The number of methoxy groups -OCH3 is 2. The van der Waals surface area contributed by atoms with Crippen LogP contribution in [0.1, 0.15) is 69.0 Å². The molecule has 3 atom stereocenters. The van der Waals surface area contributed by atoms with Crippen LogP contribution in [0.5, 0.6) is 11.5 Å². The summed E-state index contributed by atoms with van der Waals surface area (Å²) >= 11 is 0. The molecular weight excluding hydrogens is 452 g/mol. The second kappa shape index (κ2) is 9.01. The van der Waals surface area contributed by atoms with E-state index >= 15 is 0 Å². The van der Waals surface area contributed by atoms with E-state index in [4.69, 9.17) is 9.47 Å². The minimum absolute atomic E-state index is 0.0249. The first kappa shape index (κ1) is 22.7. The Hall–Kier alpha value is -3.80. The summed E-state index contributed by atoms with van der Waals surface area (Å²) in [4.78, 5) is 29.7. The fraction of sp³-hybridized carbons (Fsp3) is 0.333. The maximum absolute atomic E-state index is 14.2. The van der Waals surface area contributed by atoms with Crippen molar-refractivity contribution in [1.82, 2.24) is 10.2 Å². The van der Waals surface area contributed by atoms with Crippen molar-refractivity contribution >= 4 is 11.8 Å². The molecule has 0 unspecified atom stereocenters. The number of amides is 2. The summed E-state index contributed by atoms with van der Waals surface area (Å²) in [5.41, 5.74) is 5.93. The minimum Gasteiger partial charge on any atom is -0.493 e. The first-order chi connectivity index (χ1) is 17.6. The van der Waals surface area contributed by atoms with Gasteiger partial charge in [-0.3, -0.25) is 9.59 Å². The van der Waals surface area contributed by atoms with Crippen molar-refractivity contribution in [3.05, 3.63) is 94.0 Å². The fourth-order valence-corrected chi connectivity index (χ4v) is 6.30. The molecule has 3 aromatic carbocycles. The van der Waals surface area contributed by atoms with Gasteiger partial charge in [0.1, 0.15) is 0 Å². The Morgan fingerprint density at radius 1 is 0.889 bits per heavy atom. The van der Waals surface area contributed by atoms with Gasteiger partial charge in [-0.05, 0) is 71.7 Å². The average molecular weight is 483 g/mol. The van der Waals surface area contributed by atoms with E-state index in [9.17, 15) is 9.59 Å². The van der Waals surface area contributed by atoms with Gasteiger partial charge in [-0.25, -0.2) is 0 Å². The van der Waals surface area contributed by atoms with Gasteiger partial charge in [-0.15, -0.1) is 0 Å². The lowest BCUT2D eigenvalue weighted by Crippen LogP contribution is -2.50. The fourth-order valence-electron chi connectivity index (χ4n) is 6.30. The number of carbonyl (C=O) groups excluding carboxylic acids is 2. The highest BCUT2D eigenvalue weighted by Gasteiger charge is 2.47. The number of aryl methyl sites for hydroxylation is 1. The highest BCUT2D eigenvalue weighted by molar-refractivity contribution is 6.01. The van der Waals surface area contributed by atoms with Crippen molar-refractivity contribution in [3.8, 4) is 11.5 Å². The number of benzene rings is 3. The van der Waals surface area contributed by atoms with Gasteiger partial charge < -0.3 is 19.7 Å². The third-order valence-electron chi connectivity index (χ3n) is 7.99.